The van der Waals surface area contributed by atoms with Crippen LogP contribution in [-0.2, 0) is 22.6 Å². The number of carbonyl (C=O) groups excluding carboxylic acids is 3. The maximum atomic E-state index is 12.9. The second-order valence-electron chi connectivity index (χ2n) is 8.02. The molecule has 0 saturated carbocycles. The monoisotopic (exact) mass is 420 g/mol. The Morgan fingerprint density at radius 1 is 1.10 bits per heavy atom. The van der Waals surface area contributed by atoms with Crippen molar-refractivity contribution in [2.24, 2.45) is 0 Å². The smallest absolute Gasteiger partial charge is 0.257 e. The van der Waals surface area contributed by atoms with Gasteiger partial charge in [0, 0.05) is 25.0 Å². The fraction of sp³-hybridized carbons (Fsp3) is 0.650. The van der Waals surface area contributed by atoms with E-state index in [2.05, 4.69) is 4.90 Å². The van der Waals surface area contributed by atoms with E-state index in [0.717, 1.165) is 36.4 Å². The van der Waals surface area contributed by atoms with E-state index in [4.69, 9.17) is 0 Å². The summed E-state index contributed by atoms with van der Waals surface area (Å²) in [7, 11) is 1.63. The van der Waals surface area contributed by atoms with E-state index in [1.807, 2.05) is 4.90 Å². The van der Waals surface area contributed by atoms with Crippen LogP contribution in [0, 0.1) is 0 Å². The summed E-state index contributed by atoms with van der Waals surface area (Å²) in [6, 6.07) is 0. The minimum atomic E-state index is -0.190. The molecule has 9 heteroatoms. The molecular formula is C20H28N4O4S. The van der Waals surface area contributed by atoms with Crippen molar-refractivity contribution >= 4 is 34.1 Å². The van der Waals surface area contributed by atoms with Gasteiger partial charge in [0.05, 0.1) is 25.3 Å². The van der Waals surface area contributed by atoms with E-state index in [-0.39, 0.29) is 37.4 Å². The minimum absolute atomic E-state index is 0.00938. The maximum absolute atomic E-state index is 12.9. The molecule has 0 unspecified atom stereocenters. The molecule has 0 spiro atoms. The molecule has 4 heterocycles. The molecule has 158 valence electrons. The van der Waals surface area contributed by atoms with Gasteiger partial charge in [-0.3, -0.25) is 24.2 Å². The number of nitrogens with zero attached hydrogens (tertiary/aromatic N) is 4. The van der Waals surface area contributed by atoms with E-state index >= 15 is 0 Å². The first-order chi connectivity index (χ1) is 14.0. The summed E-state index contributed by atoms with van der Waals surface area (Å²) in [4.78, 5) is 46.4. The number of thiophene rings is 1. The van der Waals surface area contributed by atoms with E-state index in [9.17, 15) is 19.5 Å². The lowest BCUT2D eigenvalue weighted by Crippen LogP contribution is -2.44. The molecule has 1 aromatic rings. The Bertz CT molecular complexity index is 818. The molecule has 0 bridgehead atoms. The summed E-state index contributed by atoms with van der Waals surface area (Å²) in [5.41, 5.74) is 1.54. The Morgan fingerprint density at radius 2 is 1.86 bits per heavy atom. The van der Waals surface area contributed by atoms with E-state index in [0.29, 0.717) is 36.6 Å². The van der Waals surface area contributed by atoms with Crippen molar-refractivity contribution in [2.45, 2.75) is 32.2 Å². The number of carbonyl (C=O) groups is 3. The zero-order valence-corrected chi connectivity index (χ0v) is 17.7. The molecular weight excluding hydrogens is 392 g/mol. The number of piperidine rings is 1. The first-order valence-electron chi connectivity index (χ1n) is 10.3. The fourth-order valence-electron chi connectivity index (χ4n) is 4.41. The molecule has 0 atom stereocenters. The predicted octanol–water partition coefficient (Wildman–Crippen LogP) is 0.530. The Kier molecular flexibility index (Phi) is 5.89. The summed E-state index contributed by atoms with van der Waals surface area (Å²) >= 11 is 1.41. The Hall–Kier alpha value is -1.97. The molecule has 1 aromatic heterocycles. The van der Waals surface area contributed by atoms with Gasteiger partial charge in [-0.1, -0.05) is 6.42 Å². The molecule has 0 aromatic carbocycles. The van der Waals surface area contributed by atoms with Crippen LogP contribution in [0.5, 0.6) is 0 Å². The highest BCUT2D eigenvalue weighted by atomic mass is 32.1. The van der Waals surface area contributed by atoms with Gasteiger partial charge in [-0.2, -0.15) is 0 Å². The SMILES string of the molecule is CN1CC(=O)N(CCO)c2sc3c(c2C1=O)CCN(C(=O)CN1CCCCC1)C3. The first-order valence-corrected chi connectivity index (χ1v) is 11.1. The van der Waals surface area contributed by atoms with Gasteiger partial charge in [-0.05, 0) is 37.9 Å². The summed E-state index contributed by atoms with van der Waals surface area (Å²) in [5.74, 6) is -0.211. The highest BCUT2D eigenvalue weighted by Crippen LogP contribution is 2.41. The Balaban J connectivity index is 1.57. The molecule has 4 rings (SSSR count). The summed E-state index contributed by atoms with van der Waals surface area (Å²) < 4.78 is 0. The zero-order chi connectivity index (χ0) is 20.5. The highest BCUT2D eigenvalue weighted by molar-refractivity contribution is 7.17. The molecule has 3 aliphatic rings. The number of likely N-dealkylation sites (N-methyl/N-ethyl adjacent to an activating group) is 1. The number of anilines is 1. The normalized spacial score (nSPS) is 20.6. The minimum Gasteiger partial charge on any atom is -0.395 e. The summed E-state index contributed by atoms with van der Waals surface area (Å²) in [6.45, 7) is 3.52. The van der Waals surface area contributed by atoms with Crippen molar-refractivity contribution in [1.29, 1.82) is 0 Å². The van der Waals surface area contributed by atoms with Crippen LogP contribution in [0.1, 0.15) is 40.1 Å². The van der Waals surface area contributed by atoms with E-state index in [1.54, 1.807) is 7.05 Å². The predicted molar refractivity (Wildman–Crippen MR) is 110 cm³/mol. The molecule has 1 fully saturated rings. The number of amides is 3. The van der Waals surface area contributed by atoms with Crippen LogP contribution < -0.4 is 4.90 Å². The first kappa shape index (κ1) is 20.3. The topological polar surface area (TPSA) is 84.4 Å². The molecule has 0 radical (unpaired) electrons. The maximum Gasteiger partial charge on any atom is 0.257 e. The number of hydrogen-bond donors (Lipinski definition) is 1. The van der Waals surface area contributed by atoms with Gasteiger partial charge in [0.25, 0.3) is 5.91 Å². The average Bonchev–Trinajstić information content (AvgIpc) is 3.06. The van der Waals surface area contributed by atoms with Gasteiger partial charge >= 0.3 is 0 Å². The number of β-amino-alcohol motifs (C(OH)–C–C–N with tert-alkyl or cyclic N) is 1. The van der Waals surface area contributed by atoms with Gasteiger partial charge < -0.3 is 14.9 Å². The van der Waals surface area contributed by atoms with Crippen molar-refractivity contribution in [1.82, 2.24) is 14.7 Å². The van der Waals surface area contributed by atoms with Crippen molar-refractivity contribution < 1.29 is 19.5 Å². The van der Waals surface area contributed by atoms with Gasteiger partial charge in [-0.25, -0.2) is 0 Å². The van der Waals surface area contributed by atoms with Crippen molar-refractivity contribution in [3.63, 3.8) is 0 Å². The van der Waals surface area contributed by atoms with Gasteiger partial charge in [0.2, 0.25) is 11.8 Å². The van der Waals surface area contributed by atoms with Crippen LogP contribution in [0.25, 0.3) is 0 Å². The Morgan fingerprint density at radius 3 is 2.59 bits per heavy atom. The quantitative estimate of drug-likeness (QED) is 0.768. The molecule has 3 amide bonds. The third-order valence-electron chi connectivity index (χ3n) is 6.00. The highest BCUT2D eigenvalue weighted by Gasteiger charge is 2.37. The van der Waals surface area contributed by atoms with Gasteiger partial charge in [-0.15, -0.1) is 11.3 Å². The Labute approximate surface area is 174 Å². The number of likely N-dealkylation sites (tertiary alicyclic amines) is 1. The third-order valence-corrected chi connectivity index (χ3v) is 7.24. The summed E-state index contributed by atoms with van der Waals surface area (Å²) in [6.07, 6.45) is 4.16. The second kappa shape index (κ2) is 8.41. The fourth-order valence-corrected chi connectivity index (χ4v) is 5.81. The largest absolute Gasteiger partial charge is 0.395 e. The van der Waals surface area contributed by atoms with Crippen molar-refractivity contribution in [3.05, 3.63) is 16.0 Å². The number of rotatable bonds is 4. The number of fused-ring (bicyclic) bond motifs is 3. The van der Waals surface area contributed by atoms with Crippen LogP contribution in [0.4, 0.5) is 5.00 Å². The molecule has 8 nitrogen and oxygen atoms in total. The molecule has 3 aliphatic heterocycles. The zero-order valence-electron chi connectivity index (χ0n) is 16.9. The summed E-state index contributed by atoms with van der Waals surface area (Å²) in [5, 5.41) is 10.0. The second-order valence-corrected chi connectivity index (χ2v) is 9.10. The van der Waals surface area contributed by atoms with Crippen LogP contribution in [0.2, 0.25) is 0 Å². The lowest BCUT2D eigenvalue weighted by Gasteiger charge is -2.31. The third kappa shape index (κ3) is 3.91. The lowest BCUT2D eigenvalue weighted by molar-refractivity contribution is -0.133. The molecule has 1 saturated heterocycles. The van der Waals surface area contributed by atoms with Crippen LogP contribution in [0.15, 0.2) is 0 Å². The number of aliphatic hydroxyl groups excluding tert-OH is 1. The van der Waals surface area contributed by atoms with Gasteiger partial charge in [0.15, 0.2) is 0 Å². The molecule has 1 N–H and O–H groups in total. The van der Waals surface area contributed by atoms with E-state index < -0.39 is 0 Å². The molecule has 0 aliphatic carbocycles. The van der Waals surface area contributed by atoms with Crippen molar-refractivity contribution in [3.8, 4) is 0 Å². The standard InChI is InChI=1S/C20H28N4O4S/c1-21-12-17(27)24(9-10-25)20-18(19(21)28)14-5-8-23(11-15(14)29-20)16(26)13-22-6-3-2-4-7-22/h25H,2-13H2,1H3. The van der Waals surface area contributed by atoms with E-state index in [1.165, 1.54) is 27.6 Å². The van der Waals surface area contributed by atoms with Gasteiger partial charge in [0.1, 0.15) is 11.5 Å². The van der Waals surface area contributed by atoms with Crippen molar-refractivity contribution in [2.75, 3.05) is 57.8 Å². The van der Waals surface area contributed by atoms with Crippen LogP contribution >= 0.6 is 11.3 Å². The number of hydrogen-bond acceptors (Lipinski definition) is 6. The molecule has 29 heavy (non-hydrogen) atoms. The number of aliphatic hydroxyl groups is 1. The average molecular weight is 421 g/mol. The van der Waals surface area contributed by atoms with Crippen LogP contribution in [-0.4, -0.2) is 90.5 Å². The van der Waals surface area contributed by atoms with Crippen LogP contribution in [0.3, 0.4) is 0 Å². The lowest BCUT2D eigenvalue weighted by atomic mass is 10.0.